The van der Waals surface area contributed by atoms with Gasteiger partial charge in [0.05, 0.1) is 12.0 Å². The number of benzene rings is 1. The smallest absolute Gasteiger partial charge is 0.173 e. The monoisotopic (exact) mass is 305 g/mol. The lowest BCUT2D eigenvalue weighted by Gasteiger charge is -2.09. The Kier molecular flexibility index (Phi) is 4.96. The fraction of sp³-hybridized carbons (Fsp3) is 0.375. The number of Topliss-reactive ketones (excluding diaryl/α,β-unsaturated/α-hetero) is 1. The zero-order chi connectivity index (χ0) is 15.4. The molecule has 0 aliphatic carbocycles. The number of hydrogen-bond acceptors (Lipinski definition) is 5. The van der Waals surface area contributed by atoms with Crippen LogP contribution >= 0.6 is 11.3 Å². The number of phenolic OH excluding ortho intramolecular Hbond substituents is 2. The van der Waals surface area contributed by atoms with Gasteiger partial charge in [0.1, 0.15) is 16.5 Å². The predicted molar refractivity (Wildman–Crippen MR) is 83.3 cm³/mol. The van der Waals surface area contributed by atoms with Gasteiger partial charge in [-0.25, -0.2) is 4.98 Å². The van der Waals surface area contributed by atoms with E-state index in [1.807, 2.05) is 12.3 Å². The Morgan fingerprint density at radius 2 is 2.05 bits per heavy atom. The molecule has 0 spiro atoms. The van der Waals surface area contributed by atoms with Gasteiger partial charge in [0.25, 0.3) is 0 Å². The molecular formula is C16H19NO3S. The van der Waals surface area contributed by atoms with Crippen molar-refractivity contribution in [1.82, 2.24) is 4.98 Å². The summed E-state index contributed by atoms with van der Waals surface area (Å²) in [6, 6.07) is 2.86. The molecular weight excluding hydrogens is 286 g/mol. The van der Waals surface area contributed by atoms with E-state index in [0.717, 1.165) is 23.5 Å². The van der Waals surface area contributed by atoms with Crippen LogP contribution in [0.15, 0.2) is 17.5 Å². The maximum atomic E-state index is 12.3. The first-order valence-corrected chi connectivity index (χ1v) is 7.88. The molecule has 0 aliphatic rings. The molecule has 0 aliphatic heterocycles. The van der Waals surface area contributed by atoms with Crippen LogP contribution in [0.25, 0.3) is 0 Å². The molecule has 0 fully saturated rings. The van der Waals surface area contributed by atoms with Gasteiger partial charge >= 0.3 is 0 Å². The quantitative estimate of drug-likeness (QED) is 0.799. The normalized spacial score (nSPS) is 10.8. The molecule has 1 aromatic carbocycles. The van der Waals surface area contributed by atoms with Gasteiger partial charge in [-0.3, -0.25) is 4.79 Å². The Morgan fingerprint density at radius 3 is 2.67 bits per heavy atom. The maximum Gasteiger partial charge on any atom is 0.173 e. The van der Waals surface area contributed by atoms with Gasteiger partial charge in [-0.05, 0) is 31.4 Å². The third-order valence-electron chi connectivity index (χ3n) is 3.28. The summed E-state index contributed by atoms with van der Waals surface area (Å²) in [6.07, 6.45) is 2.79. The lowest BCUT2D eigenvalue weighted by atomic mass is 10.00. The number of nitrogens with zero attached hydrogens (tertiary/aromatic N) is 1. The van der Waals surface area contributed by atoms with Crippen LogP contribution in [0.3, 0.4) is 0 Å². The standard InChI is InChI=1S/C16H19NO3S/c1-3-4-5-11-6-12(14(19)7-13(11)18)15(20)8-16-17-10(2)9-21-16/h6-7,9,18-19H,3-5,8H2,1-2H3. The number of phenols is 2. The highest BCUT2D eigenvalue weighted by molar-refractivity contribution is 7.09. The molecule has 2 aromatic rings. The van der Waals surface area contributed by atoms with Crippen LogP contribution in [0.1, 0.15) is 46.4 Å². The fourth-order valence-electron chi connectivity index (χ4n) is 2.13. The molecule has 0 atom stereocenters. The minimum atomic E-state index is -0.181. The van der Waals surface area contributed by atoms with Crippen molar-refractivity contribution in [2.75, 3.05) is 0 Å². The van der Waals surface area contributed by atoms with E-state index in [0.29, 0.717) is 12.0 Å². The van der Waals surface area contributed by atoms with Gasteiger partial charge in [-0.15, -0.1) is 11.3 Å². The van der Waals surface area contributed by atoms with Crippen LogP contribution in [0.4, 0.5) is 0 Å². The number of aromatic hydroxyl groups is 2. The molecule has 0 saturated heterocycles. The Balaban J connectivity index is 2.23. The molecule has 2 N–H and O–H groups in total. The summed E-state index contributed by atoms with van der Waals surface area (Å²) in [4.78, 5) is 16.6. The Morgan fingerprint density at radius 1 is 1.29 bits per heavy atom. The SMILES string of the molecule is CCCCc1cc(C(=O)Cc2nc(C)cs2)c(O)cc1O. The Hall–Kier alpha value is -1.88. The van der Waals surface area contributed by atoms with Gasteiger partial charge in [0.2, 0.25) is 0 Å². The largest absolute Gasteiger partial charge is 0.508 e. The number of ketones is 1. The second-order valence-electron chi connectivity index (χ2n) is 5.08. The van der Waals surface area contributed by atoms with E-state index in [9.17, 15) is 15.0 Å². The van der Waals surface area contributed by atoms with Crippen LogP contribution in [0.5, 0.6) is 11.5 Å². The summed E-state index contributed by atoms with van der Waals surface area (Å²) in [5.74, 6) is -0.312. The van der Waals surface area contributed by atoms with Crippen LogP contribution in [0, 0.1) is 6.92 Å². The fourth-order valence-corrected chi connectivity index (χ4v) is 2.90. The topological polar surface area (TPSA) is 70.4 Å². The summed E-state index contributed by atoms with van der Waals surface area (Å²) in [5.41, 5.74) is 1.85. The molecule has 0 unspecified atom stereocenters. The first-order chi connectivity index (χ1) is 10.0. The van der Waals surface area contributed by atoms with Crippen LogP contribution < -0.4 is 0 Å². The number of aromatic nitrogens is 1. The number of carbonyl (C=O) groups is 1. The average Bonchev–Trinajstić information content (AvgIpc) is 2.83. The number of aryl methyl sites for hydroxylation is 2. The number of thiazole rings is 1. The molecule has 0 saturated carbocycles. The number of hydrogen-bond donors (Lipinski definition) is 2. The summed E-state index contributed by atoms with van der Waals surface area (Å²) in [7, 11) is 0. The van der Waals surface area contributed by atoms with Gasteiger partial charge in [-0.2, -0.15) is 0 Å². The van der Waals surface area contributed by atoms with E-state index in [1.165, 1.54) is 17.4 Å². The van der Waals surface area contributed by atoms with Gasteiger partial charge in [-0.1, -0.05) is 13.3 Å². The zero-order valence-corrected chi connectivity index (χ0v) is 13.0. The molecule has 21 heavy (non-hydrogen) atoms. The van der Waals surface area contributed by atoms with Crippen molar-refractivity contribution in [2.45, 2.75) is 39.5 Å². The molecule has 1 heterocycles. The molecule has 4 nitrogen and oxygen atoms in total. The molecule has 1 aromatic heterocycles. The van der Waals surface area contributed by atoms with Crippen molar-refractivity contribution >= 4 is 17.1 Å². The van der Waals surface area contributed by atoms with Crippen molar-refractivity contribution in [3.05, 3.63) is 39.3 Å². The molecule has 112 valence electrons. The molecule has 2 rings (SSSR count). The number of unbranched alkanes of at least 4 members (excludes halogenated alkanes) is 1. The second kappa shape index (κ2) is 6.72. The van der Waals surface area contributed by atoms with Crippen LogP contribution in [-0.2, 0) is 12.8 Å². The van der Waals surface area contributed by atoms with Crippen molar-refractivity contribution in [2.24, 2.45) is 0 Å². The third-order valence-corrected chi connectivity index (χ3v) is 4.24. The summed E-state index contributed by atoms with van der Waals surface area (Å²) in [6.45, 7) is 3.94. The highest BCUT2D eigenvalue weighted by Crippen LogP contribution is 2.29. The van der Waals surface area contributed by atoms with Crippen molar-refractivity contribution in [3.63, 3.8) is 0 Å². The maximum absolute atomic E-state index is 12.3. The van der Waals surface area contributed by atoms with E-state index in [1.54, 1.807) is 6.07 Å². The third kappa shape index (κ3) is 3.82. The summed E-state index contributed by atoms with van der Waals surface area (Å²) >= 11 is 1.44. The Bertz CT molecular complexity index is 649. The highest BCUT2D eigenvalue weighted by Gasteiger charge is 2.16. The second-order valence-corrected chi connectivity index (χ2v) is 6.03. The van der Waals surface area contributed by atoms with Gasteiger partial charge in [0.15, 0.2) is 5.78 Å². The first kappa shape index (κ1) is 15.5. The zero-order valence-electron chi connectivity index (χ0n) is 12.2. The minimum absolute atomic E-state index is 0.0441. The first-order valence-electron chi connectivity index (χ1n) is 7.00. The number of carbonyl (C=O) groups excluding carboxylic acids is 1. The van der Waals surface area contributed by atoms with Crippen molar-refractivity contribution in [3.8, 4) is 11.5 Å². The minimum Gasteiger partial charge on any atom is -0.508 e. The highest BCUT2D eigenvalue weighted by atomic mass is 32.1. The van der Waals surface area contributed by atoms with Crippen molar-refractivity contribution < 1.29 is 15.0 Å². The lowest BCUT2D eigenvalue weighted by molar-refractivity contribution is 0.0990. The Labute approximate surface area is 128 Å². The van der Waals surface area contributed by atoms with Crippen molar-refractivity contribution in [1.29, 1.82) is 0 Å². The lowest BCUT2D eigenvalue weighted by Crippen LogP contribution is -2.05. The van der Waals surface area contributed by atoms with Crippen LogP contribution in [0.2, 0.25) is 0 Å². The van der Waals surface area contributed by atoms with E-state index in [2.05, 4.69) is 11.9 Å². The van der Waals surface area contributed by atoms with E-state index >= 15 is 0 Å². The molecule has 0 bridgehead atoms. The predicted octanol–water partition coefficient (Wildman–Crippen LogP) is 3.63. The summed E-state index contributed by atoms with van der Waals surface area (Å²) < 4.78 is 0. The summed E-state index contributed by atoms with van der Waals surface area (Å²) in [5, 5.41) is 22.4. The molecule has 0 radical (unpaired) electrons. The van der Waals surface area contributed by atoms with Crippen LogP contribution in [-0.4, -0.2) is 21.0 Å². The van der Waals surface area contributed by atoms with E-state index in [-0.39, 0.29) is 29.3 Å². The molecule has 5 heteroatoms. The van der Waals surface area contributed by atoms with E-state index in [4.69, 9.17) is 0 Å². The van der Waals surface area contributed by atoms with E-state index < -0.39 is 0 Å². The average molecular weight is 305 g/mol. The molecule has 0 amide bonds. The van der Waals surface area contributed by atoms with Gasteiger partial charge < -0.3 is 10.2 Å². The van der Waals surface area contributed by atoms with Gasteiger partial charge in [0, 0.05) is 17.1 Å². The number of rotatable bonds is 6.